The van der Waals surface area contributed by atoms with E-state index in [0.29, 0.717) is 12.1 Å². The third-order valence-electron chi connectivity index (χ3n) is 3.60. The van der Waals surface area contributed by atoms with Gasteiger partial charge in [-0.25, -0.2) is 0 Å². The number of aliphatic imine (C=N–C) groups is 1. The second kappa shape index (κ2) is 8.49. The van der Waals surface area contributed by atoms with Gasteiger partial charge in [0.2, 0.25) is 5.91 Å². The molecule has 0 bridgehead atoms. The Kier molecular flexibility index (Phi) is 6.37. The summed E-state index contributed by atoms with van der Waals surface area (Å²) in [6.07, 6.45) is 0. The molecule has 0 aliphatic heterocycles. The maximum Gasteiger partial charge on any atom is 0.248 e. The molecular formula is C18H21BrN4O. The van der Waals surface area contributed by atoms with Gasteiger partial charge in [-0.05, 0) is 29.3 Å². The second-order valence-corrected chi connectivity index (χ2v) is 6.27. The molecule has 0 saturated heterocycles. The van der Waals surface area contributed by atoms with E-state index in [-0.39, 0.29) is 0 Å². The maximum absolute atomic E-state index is 11.3. The highest BCUT2D eigenvalue weighted by Crippen LogP contribution is 2.17. The maximum atomic E-state index is 11.3. The fraction of sp³-hybridized carbons (Fsp3) is 0.222. The molecule has 0 spiro atoms. The summed E-state index contributed by atoms with van der Waals surface area (Å²) in [5, 5.41) is 3.30. The van der Waals surface area contributed by atoms with E-state index in [4.69, 9.17) is 5.73 Å². The lowest BCUT2D eigenvalue weighted by Crippen LogP contribution is -2.38. The quantitative estimate of drug-likeness (QED) is 0.610. The molecule has 6 heteroatoms. The van der Waals surface area contributed by atoms with Crippen LogP contribution in [0.1, 0.15) is 21.5 Å². The summed E-state index contributed by atoms with van der Waals surface area (Å²) in [6.45, 7) is 1.29. The molecule has 0 aliphatic rings. The van der Waals surface area contributed by atoms with Gasteiger partial charge in [-0.15, -0.1) is 0 Å². The van der Waals surface area contributed by atoms with Crippen molar-refractivity contribution in [1.82, 2.24) is 10.2 Å². The number of hydrogen-bond acceptors (Lipinski definition) is 2. The fourth-order valence-corrected chi connectivity index (χ4v) is 2.77. The molecule has 0 fully saturated rings. The number of nitrogens with one attached hydrogen (secondary N) is 1. The Bertz CT molecular complexity index is 745. The fourth-order valence-electron chi connectivity index (χ4n) is 2.36. The van der Waals surface area contributed by atoms with Crippen LogP contribution in [-0.2, 0) is 13.1 Å². The minimum atomic E-state index is -0.424. The summed E-state index contributed by atoms with van der Waals surface area (Å²) in [7, 11) is 3.73. The van der Waals surface area contributed by atoms with Crippen LogP contribution >= 0.6 is 15.9 Å². The second-order valence-electron chi connectivity index (χ2n) is 5.41. The summed E-state index contributed by atoms with van der Waals surface area (Å²) >= 11 is 3.56. The SMILES string of the molecule is CN=C(NCc1cccc(C(N)=O)c1)N(C)Cc1ccccc1Br. The molecule has 5 nitrogen and oxygen atoms in total. The average Bonchev–Trinajstić information content (AvgIpc) is 2.57. The number of hydrogen-bond donors (Lipinski definition) is 2. The summed E-state index contributed by atoms with van der Waals surface area (Å²) in [5.41, 5.74) is 7.98. The van der Waals surface area contributed by atoms with Crippen molar-refractivity contribution in [2.45, 2.75) is 13.1 Å². The summed E-state index contributed by atoms with van der Waals surface area (Å²) in [5.74, 6) is 0.350. The predicted molar refractivity (Wildman–Crippen MR) is 101 cm³/mol. The van der Waals surface area contributed by atoms with Gasteiger partial charge in [0.15, 0.2) is 5.96 Å². The lowest BCUT2D eigenvalue weighted by molar-refractivity contribution is 0.1000. The molecule has 0 radical (unpaired) electrons. The van der Waals surface area contributed by atoms with Crippen molar-refractivity contribution in [3.05, 3.63) is 69.7 Å². The van der Waals surface area contributed by atoms with Gasteiger partial charge >= 0.3 is 0 Å². The van der Waals surface area contributed by atoms with E-state index in [9.17, 15) is 4.79 Å². The lowest BCUT2D eigenvalue weighted by Gasteiger charge is -2.23. The first-order chi connectivity index (χ1) is 11.5. The van der Waals surface area contributed by atoms with Gasteiger partial charge in [-0.2, -0.15) is 0 Å². The van der Waals surface area contributed by atoms with Gasteiger partial charge in [-0.3, -0.25) is 9.79 Å². The van der Waals surface area contributed by atoms with E-state index in [1.807, 2.05) is 42.3 Å². The van der Waals surface area contributed by atoms with Crippen LogP contribution in [0.25, 0.3) is 0 Å². The summed E-state index contributed by atoms with van der Waals surface area (Å²) in [4.78, 5) is 17.6. The number of rotatable bonds is 5. The van der Waals surface area contributed by atoms with Crippen molar-refractivity contribution < 1.29 is 4.79 Å². The molecule has 24 heavy (non-hydrogen) atoms. The Balaban J connectivity index is 2.00. The zero-order valence-electron chi connectivity index (χ0n) is 13.8. The number of carbonyl (C=O) groups excluding carboxylic acids is 1. The smallest absolute Gasteiger partial charge is 0.248 e. The van der Waals surface area contributed by atoms with Crippen LogP contribution in [0.3, 0.4) is 0 Å². The van der Waals surface area contributed by atoms with Crippen LogP contribution in [0.15, 0.2) is 58.0 Å². The standard InChI is InChI=1S/C18H21BrN4O/c1-21-18(23(2)12-15-7-3-4-9-16(15)19)22-11-13-6-5-8-14(10-13)17(20)24/h3-10H,11-12H2,1-2H3,(H2,20,24)(H,21,22). The van der Waals surface area contributed by atoms with Crippen LogP contribution in [0.4, 0.5) is 0 Å². The number of amides is 1. The molecule has 0 saturated carbocycles. The van der Waals surface area contributed by atoms with Gasteiger partial charge < -0.3 is 16.0 Å². The van der Waals surface area contributed by atoms with Gasteiger partial charge in [0.05, 0.1) is 0 Å². The number of halogens is 1. The molecule has 0 aromatic heterocycles. The van der Waals surface area contributed by atoms with Gasteiger partial charge in [0.1, 0.15) is 0 Å². The molecule has 0 aliphatic carbocycles. The Morgan fingerprint density at radius 2 is 2.00 bits per heavy atom. The molecule has 0 atom stereocenters. The van der Waals surface area contributed by atoms with Crippen molar-refractivity contribution in [2.24, 2.45) is 10.7 Å². The molecule has 126 valence electrons. The van der Waals surface area contributed by atoms with Crippen molar-refractivity contribution in [2.75, 3.05) is 14.1 Å². The first kappa shape index (κ1) is 18.0. The van der Waals surface area contributed by atoms with Crippen molar-refractivity contribution in [3.63, 3.8) is 0 Å². The molecule has 2 aromatic rings. The van der Waals surface area contributed by atoms with E-state index < -0.39 is 5.91 Å². The van der Waals surface area contributed by atoms with Gasteiger partial charge in [-0.1, -0.05) is 46.3 Å². The van der Waals surface area contributed by atoms with Gasteiger partial charge in [0.25, 0.3) is 0 Å². The summed E-state index contributed by atoms with van der Waals surface area (Å²) in [6, 6.07) is 15.4. The highest BCUT2D eigenvalue weighted by atomic mass is 79.9. The van der Waals surface area contributed by atoms with E-state index >= 15 is 0 Å². The Morgan fingerprint density at radius 3 is 2.67 bits per heavy atom. The molecule has 1 amide bonds. The van der Waals surface area contributed by atoms with Crippen LogP contribution in [0, 0.1) is 0 Å². The number of nitrogens with zero attached hydrogens (tertiary/aromatic N) is 2. The first-order valence-electron chi connectivity index (χ1n) is 7.55. The molecule has 0 unspecified atom stereocenters. The van der Waals surface area contributed by atoms with Crippen LogP contribution < -0.4 is 11.1 Å². The zero-order chi connectivity index (χ0) is 17.5. The number of benzene rings is 2. The highest BCUT2D eigenvalue weighted by molar-refractivity contribution is 9.10. The first-order valence-corrected chi connectivity index (χ1v) is 8.34. The lowest BCUT2D eigenvalue weighted by atomic mass is 10.1. The van der Waals surface area contributed by atoms with Crippen molar-refractivity contribution >= 4 is 27.8 Å². The third-order valence-corrected chi connectivity index (χ3v) is 4.37. The normalized spacial score (nSPS) is 11.2. The van der Waals surface area contributed by atoms with Crippen LogP contribution in [0.2, 0.25) is 0 Å². The minimum absolute atomic E-state index is 0.424. The Morgan fingerprint density at radius 1 is 1.25 bits per heavy atom. The Hall–Kier alpha value is -2.34. The number of primary amides is 1. The largest absolute Gasteiger partial charge is 0.366 e. The molecule has 3 N–H and O–H groups in total. The highest BCUT2D eigenvalue weighted by Gasteiger charge is 2.09. The van der Waals surface area contributed by atoms with Crippen LogP contribution in [-0.4, -0.2) is 30.9 Å². The number of nitrogens with two attached hydrogens (primary N) is 1. The molecule has 0 heterocycles. The zero-order valence-corrected chi connectivity index (χ0v) is 15.4. The monoisotopic (exact) mass is 388 g/mol. The number of carbonyl (C=O) groups is 1. The van der Waals surface area contributed by atoms with Crippen LogP contribution in [0.5, 0.6) is 0 Å². The summed E-state index contributed by atoms with van der Waals surface area (Å²) < 4.78 is 1.07. The van der Waals surface area contributed by atoms with E-state index in [1.165, 1.54) is 5.56 Å². The Labute approximate surface area is 150 Å². The van der Waals surface area contributed by atoms with E-state index in [2.05, 4.69) is 32.3 Å². The van der Waals surface area contributed by atoms with E-state index in [1.54, 1.807) is 19.2 Å². The predicted octanol–water partition coefficient (Wildman–Crippen LogP) is 2.76. The minimum Gasteiger partial charge on any atom is -0.366 e. The third kappa shape index (κ3) is 4.83. The van der Waals surface area contributed by atoms with Crippen molar-refractivity contribution in [3.8, 4) is 0 Å². The average molecular weight is 389 g/mol. The van der Waals surface area contributed by atoms with Crippen molar-refractivity contribution in [1.29, 1.82) is 0 Å². The molecule has 2 rings (SSSR count). The topological polar surface area (TPSA) is 70.7 Å². The molecular weight excluding hydrogens is 368 g/mol. The van der Waals surface area contributed by atoms with E-state index in [0.717, 1.165) is 22.5 Å². The van der Waals surface area contributed by atoms with Gasteiger partial charge in [0, 0.05) is 37.2 Å². The molecule has 2 aromatic carbocycles. The number of guanidine groups is 1.